The molecule has 0 saturated carbocycles. The minimum Gasteiger partial charge on any atom is -0.449 e. The molecule has 8 heteroatoms. The van der Waals surface area contributed by atoms with Crippen molar-refractivity contribution in [3.05, 3.63) is 52.2 Å². The van der Waals surface area contributed by atoms with Gasteiger partial charge in [-0.25, -0.2) is 4.79 Å². The Kier molecular flexibility index (Phi) is 5.46. The topological polar surface area (TPSA) is 105 Å². The van der Waals surface area contributed by atoms with E-state index in [1.807, 2.05) is 0 Å². The molecule has 152 valence electrons. The van der Waals surface area contributed by atoms with Crippen LogP contribution in [0.1, 0.15) is 46.6 Å². The zero-order valence-corrected chi connectivity index (χ0v) is 17.5. The SMILES string of the molecule is CC1CCc2c(sc(NC(=O)C(C)OC(=O)c3cccc4nccnc34)c2C#N)C1. The van der Waals surface area contributed by atoms with Crippen molar-refractivity contribution >= 4 is 39.2 Å². The fraction of sp³-hybridized carbons (Fsp3) is 0.318. The van der Waals surface area contributed by atoms with Gasteiger partial charge in [0.05, 0.1) is 16.6 Å². The number of nitriles is 1. The molecule has 0 aliphatic heterocycles. The van der Waals surface area contributed by atoms with Crippen LogP contribution >= 0.6 is 11.3 Å². The van der Waals surface area contributed by atoms with Crippen molar-refractivity contribution in [3.63, 3.8) is 0 Å². The second-order valence-electron chi connectivity index (χ2n) is 7.43. The van der Waals surface area contributed by atoms with Gasteiger partial charge in [-0.3, -0.25) is 14.8 Å². The fourth-order valence-corrected chi connectivity index (χ4v) is 4.97. The van der Waals surface area contributed by atoms with Gasteiger partial charge in [-0.15, -0.1) is 11.3 Å². The third-order valence-corrected chi connectivity index (χ3v) is 6.40. The highest BCUT2D eigenvalue weighted by molar-refractivity contribution is 7.16. The normalized spacial score (nSPS) is 16.4. The van der Waals surface area contributed by atoms with Crippen molar-refractivity contribution in [1.82, 2.24) is 9.97 Å². The van der Waals surface area contributed by atoms with E-state index in [1.54, 1.807) is 24.4 Å². The molecular formula is C22H20N4O3S. The summed E-state index contributed by atoms with van der Waals surface area (Å²) in [5, 5.41) is 12.9. The number of nitrogens with zero attached hydrogens (tertiary/aromatic N) is 3. The van der Waals surface area contributed by atoms with E-state index in [0.29, 0.717) is 27.5 Å². The lowest BCUT2D eigenvalue weighted by molar-refractivity contribution is -0.123. The van der Waals surface area contributed by atoms with Gasteiger partial charge in [0.15, 0.2) is 6.10 Å². The molecule has 2 unspecified atom stereocenters. The van der Waals surface area contributed by atoms with E-state index >= 15 is 0 Å². The number of benzene rings is 1. The van der Waals surface area contributed by atoms with Crippen LogP contribution in [-0.2, 0) is 22.4 Å². The summed E-state index contributed by atoms with van der Waals surface area (Å²) in [7, 11) is 0. The number of nitrogens with one attached hydrogen (secondary N) is 1. The van der Waals surface area contributed by atoms with Gasteiger partial charge in [-0.2, -0.15) is 5.26 Å². The number of fused-ring (bicyclic) bond motifs is 2. The van der Waals surface area contributed by atoms with Crippen LogP contribution in [0.5, 0.6) is 0 Å². The Hall–Kier alpha value is -3.31. The van der Waals surface area contributed by atoms with E-state index in [4.69, 9.17) is 4.74 Å². The molecule has 0 saturated heterocycles. The van der Waals surface area contributed by atoms with E-state index < -0.39 is 18.0 Å². The molecule has 2 atom stereocenters. The number of rotatable bonds is 4. The second kappa shape index (κ2) is 8.20. The molecule has 1 aliphatic carbocycles. The molecule has 2 aromatic heterocycles. The van der Waals surface area contributed by atoms with Crippen LogP contribution in [0, 0.1) is 17.2 Å². The number of hydrogen-bond donors (Lipinski definition) is 1. The number of para-hydroxylation sites is 1. The molecule has 0 radical (unpaired) electrons. The summed E-state index contributed by atoms with van der Waals surface area (Å²) < 4.78 is 5.37. The first-order chi connectivity index (χ1) is 14.5. The highest BCUT2D eigenvalue weighted by atomic mass is 32.1. The Balaban J connectivity index is 1.50. The Morgan fingerprint density at radius 3 is 2.93 bits per heavy atom. The third-order valence-electron chi connectivity index (χ3n) is 5.23. The summed E-state index contributed by atoms with van der Waals surface area (Å²) >= 11 is 1.44. The quantitative estimate of drug-likeness (QED) is 0.643. The fourth-order valence-electron chi connectivity index (χ4n) is 3.61. The number of anilines is 1. The first-order valence-corrected chi connectivity index (χ1v) is 10.6. The van der Waals surface area contributed by atoms with Crippen LogP contribution in [-0.4, -0.2) is 27.9 Å². The van der Waals surface area contributed by atoms with Crippen LogP contribution in [0.15, 0.2) is 30.6 Å². The van der Waals surface area contributed by atoms with Crippen LogP contribution < -0.4 is 5.32 Å². The zero-order chi connectivity index (χ0) is 21.3. The van der Waals surface area contributed by atoms with Gasteiger partial charge in [-0.1, -0.05) is 13.0 Å². The maximum absolute atomic E-state index is 12.7. The van der Waals surface area contributed by atoms with E-state index in [9.17, 15) is 14.9 Å². The van der Waals surface area contributed by atoms with Crippen molar-refractivity contribution < 1.29 is 14.3 Å². The average Bonchev–Trinajstić information content (AvgIpc) is 3.08. The molecule has 30 heavy (non-hydrogen) atoms. The summed E-state index contributed by atoms with van der Waals surface area (Å²) in [6.07, 6.45) is 4.80. The van der Waals surface area contributed by atoms with E-state index in [0.717, 1.165) is 29.7 Å². The van der Waals surface area contributed by atoms with Gasteiger partial charge in [0.1, 0.15) is 16.6 Å². The molecule has 3 aromatic rings. The summed E-state index contributed by atoms with van der Waals surface area (Å²) in [5.41, 5.74) is 2.80. The monoisotopic (exact) mass is 420 g/mol. The van der Waals surface area contributed by atoms with Gasteiger partial charge in [0.25, 0.3) is 5.91 Å². The maximum Gasteiger partial charge on any atom is 0.341 e. The number of amides is 1. The van der Waals surface area contributed by atoms with Gasteiger partial charge in [-0.05, 0) is 49.8 Å². The largest absolute Gasteiger partial charge is 0.449 e. The van der Waals surface area contributed by atoms with Crippen LogP contribution in [0.25, 0.3) is 11.0 Å². The standard InChI is InChI=1S/C22H20N4O3S/c1-12-6-7-14-16(11-23)21(30-18(14)10-12)26-20(27)13(2)29-22(28)15-4-3-5-17-19(15)25-9-8-24-17/h3-5,8-9,12-13H,6-7,10H2,1-2H3,(H,26,27). The van der Waals surface area contributed by atoms with Crippen molar-refractivity contribution in [2.45, 2.75) is 39.2 Å². The number of carbonyl (C=O) groups excluding carboxylic acids is 2. The molecule has 7 nitrogen and oxygen atoms in total. The van der Waals surface area contributed by atoms with Gasteiger partial charge in [0, 0.05) is 17.3 Å². The van der Waals surface area contributed by atoms with E-state index in [2.05, 4.69) is 28.3 Å². The number of hydrogen-bond acceptors (Lipinski definition) is 7. The van der Waals surface area contributed by atoms with Crippen LogP contribution in [0.2, 0.25) is 0 Å². The summed E-state index contributed by atoms with van der Waals surface area (Å²) in [6.45, 7) is 3.69. The van der Waals surface area contributed by atoms with E-state index in [-0.39, 0.29) is 5.56 Å². The lowest BCUT2D eigenvalue weighted by atomic mass is 9.88. The molecule has 2 heterocycles. The molecule has 4 rings (SSSR count). The Bertz CT molecular complexity index is 1180. The first-order valence-electron chi connectivity index (χ1n) is 9.74. The minimum absolute atomic E-state index is 0.249. The predicted octanol–water partition coefficient (Wildman–Crippen LogP) is 3.87. The number of esters is 1. The molecular weight excluding hydrogens is 400 g/mol. The van der Waals surface area contributed by atoms with E-state index in [1.165, 1.54) is 24.5 Å². The molecule has 0 spiro atoms. The van der Waals surface area contributed by atoms with Crippen molar-refractivity contribution in [1.29, 1.82) is 5.26 Å². The number of ether oxygens (including phenoxy) is 1. The van der Waals surface area contributed by atoms with Gasteiger partial charge in [0.2, 0.25) is 0 Å². The Morgan fingerprint density at radius 2 is 2.13 bits per heavy atom. The summed E-state index contributed by atoms with van der Waals surface area (Å²) in [6, 6.07) is 7.25. The van der Waals surface area contributed by atoms with Gasteiger partial charge >= 0.3 is 5.97 Å². The highest BCUT2D eigenvalue weighted by Gasteiger charge is 2.27. The lowest BCUT2D eigenvalue weighted by Gasteiger charge is -2.17. The molecule has 1 amide bonds. The summed E-state index contributed by atoms with van der Waals surface area (Å²) in [5.74, 6) is -0.559. The van der Waals surface area contributed by atoms with Gasteiger partial charge < -0.3 is 10.1 Å². The second-order valence-corrected chi connectivity index (χ2v) is 8.54. The smallest absolute Gasteiger partial charge is 0.341 e. The summed E-state index contributed by atoms with van der Waals surface area (Å²) in [4.78, 5) is 34.8. The Labute approximate surface area is 177 Å². The highest BCUT2D eigenvalue weighted by Crippen LogP contribution is 2.39. The van der Waals surface area contributed by atoms with Crippen LogP contribution in [0.4, 0.5) is 5.00 Å². The maximum atomic E-state index is 12.7. The average molecular weight is 420 g/mol. The molecule has 0 fully saturated rings. The zero-order valence-electron chi connectivity index (χ0n) is 16.6. The third kappa shape index (κ3) is 3.76. The minimum atomic E-state index is -1.03. The number of aromatic nitrogens is 2. The number of carbonyl (C=O) groups is 2. The Morgan fingerprint density at radius 1 is 1.33 bits per heavy atom. The molecule has 1 N–H and O–H groups in total. The van der Waals surface area contributed by atoms with Crippen LogP contribution in [0.3, 0.4) is 0 Å². The molecule has 0 bridgehead atoms. The lowest BCUT2D eigenvalue weighted by Crippen LogP contribution is -2.30. The van der Waals surface area contributed by atoms with Crippen molar-refractivity contribution in [2.24, 2.45) is 5.92 Å². The molecule has 1 aliphatic rings. The first kappa shape index (κ1) is 20.0. The number of thiophene rings is 1. The molecule has 1 aromatic carbocycles. The van der Waals surface area contributed by atoms with Crippen molar-refractivity contribution in [3.8, 4) is 6.07 Å². The van der Waals surface area contributed by atoms with Crippen molar-refractivity contribution in [2.75, 3.05) is 5.32 Å². The predicted molar refractivity (Wildman–Crippen MR) is 113 cm³/mol.